The van der Waals surface area contributed by atoms with Crippen LogP contribution in [0.25, 0.3) is 20.8 Å². The lowest BCUT2D eigenvalue weighted by molar-refractivity contribution is 0.101. The van der Waals surface area contributed by atoms with Crippen molar-refractivity contribution in [3.63, 3.8) is 0 Å². The van der Waals surface area contributed by atoms with Gasteiger partial charge in [0.15, 0.2) is 5.78 Å². The Morgan fingerprint density at radius 2 is 1.69 bits per heavy atom. The molecule has 1 N–H and O–H groups in total. The van der Waals surface area contributed by atoms with Gasteiger partial charge in [-0.05, 0) is 60.7 Å². The van der Waals surface area contributed by atoms with E-state index in [1.807, 2.05) is 42.5 Å². The van der Waals surface area contributed by atoms with Crippen molar-refractivity contribution in [2.45, 2.75) is 0 Å². The standard InChI is InChI=1S/C21H15FN2OS/c22-16-9-5-14(6-10-16)19(25)13-23-17-11-7-15(8-12-17)21-24-18-3-1-2-4-20(18)26-21/h1-12,23H,13H2. The van der Waals surface area contributed by atoms with Crippen LogP contribution in [0.4, 0.5) is 10.1 Å². The Bertz CT molecular complexity index is 1020. The topological polar surface area (TPSA) is 42.0 Å². The number of halogens is 1. The first kappa shape index (κ1) is 16.4. The van der Waals surface area contributed by atoms with Crippen LogP contribution in [-0.2, 0) is 0 Å². The van der Waals surface area contributed by atoms with Crippen LogP contribution in [-0.4, -0.2) is 17.3 Å². The molecule has 4 aromatic rings. The molecule has 0 aliphatic heterocycles. The Morgan fingerprint density at radius 3 is 2.42 bits per heavy atom. The summed E-state index contributed by atoms with van der Waals surface area (Å²) in [6.07, 6.45) is 0. The van der Waals surface area contributed by atoms with Crippen molar-refractivity contribution in [2.75, 3.05) is 11.9 Å². The number of nitrogens with zero attached hydrogens (tertiary/aromatic N) is 1. The van der Waals surface area contributed by atoms with E-state index in [0.29, 0.717) is 5.56 Å². The summed E-state index contributed by atoms with van der Waals surface area (Å²) in [6, 6.07) is 21.5. The molecule has 3 nitrogen and oxygen atoms in total. The van der Waals surface area contributed by atoms with Gasteiger partial charge in [0.1, 0.15) is 10.8 Å². The molecule has 0 amide bonds. The Labute approximate surface area is 154 Å². The highest BCUT2D eigenvalue weighted by Gasteiger charge is 2.08. The number of hydrogen-bond acceptors (Lipinski definition) is 4. The quantitative estimate of drug-likeness (QED) is 0.484. The van der Waals surface area contributed by atoms with Crippen molar-refractivity contribution in [3.05, 3.63) is 84.2 Å². The Morgan fingerprint density at radius 1 is 0.962 bits per heavy atom. The lowest BCUT2D eigenvalue weighted by atomic mass is 10.1. The highest BCUT2D eigenvalue weighted by Crippen LogP contribution is 2.30. The first-order chi connectivity index (χ1) is 12.7. The number of thiazole rings is 1. The maximum atomic E-state index is 12.9. The highest BCUT2D eigenvalue weighted by atomic mass is 32.1. The van der Waals surface area contributed by atoms with Gasteiger partial charge in [0.2, 0.25) is 0 Å². The van der Waals surface area contributed by atoms with E-state index in [-0.39, 0.29) is 18.1 Å². The van der Waals surface area contributed by atoms with Crippen LogP contribution in [0.3, 0.4) is 0 Å². The van der Waals surface area contributed by atoms with Crippen LogP contribution in [0.5, 0.6) is 0 Å². The monoisotopic (exact) mass is 362 g/mol. The van der Waals surface area contributed by atoms with Crippen molar-refractivity contribution in [3.8, 4) is 10.6 Å². The lowest BCUT2D eigenvalue weighted by Gasteiger charge is -2.06. The van der Waals surface area contributed by atoms with Crippen molar-refractivity contribution in [1.82, 2.24) is 4.98 Å². The number of Topliss-reactive ketones (excluding diaryl/α,β-unsaturated/α-hetero) is 1. The first-order valence-corrected chi connectivity index (χ1v) is 8.99. The van der Waals surface area contributed by atoms with E-state index in [1.165, 1.54) is 24.3 Å². The molecule has 3 aromatic carbocycles. The number of rotatable bonds is 5. The van der Waals surface area contributed by atoms with E-state index in [4.69, 9.17) is 0 Å². The fraction of sp³-hybridized carbons (Fsp3) is 0.0476. The molecule has 0 bridgehead atoms. The molecule has 128 valence electrons. The number of carbonyl (C=O) groups is 1. The molecule has 0 atom stereocenters. The van der Waals surface area contributed by atoms with E-state index in [0.717, 1.165) is 26.5 Å². The molecule has 1 heterocycles. The number of fused-ring (bicyclic) bond motifs is 1. The molecule has 0 radical (unpaired) electrons. The minimum Gasteiger partial charge on any atom is -0.378 e. The van der Waals surface area contributed by atoms with Crippen LogP contribution in [0.15, 0.2) is 72.8 Å². The Balaban J connectivity index is 1.44. The maximum absolute atomic E-state index is 12.9. The molecule has 0 fully saturated rings. The average molecular weight is 362 g/mol. The Kier molecular flexibility index (Phi) is 4.46. The van der Waals surface area contributed by atoms with E-state index >= 15 is 0 Å². The van der Waals surface area contributed by atoms with Crippen LogP contribution in [0, 0.1) is 5.82 Å². The molecule has 4 rings (SSSR count). The van der Waals surface area contributed by atoms with Crippen molar-refractivity contribution in [1.29, 1.82) is 0 Å². The molecule has 0 saturated carbocycles. The van der Waals surface area contributed by atoms with Gasteiger partial charge >= 0.3 is 0 Å². The SMILES string of the molecule is O=C(CNc1ccc(-c2nc3ccccc3s2)cc1)c1ccc(F)cc1. The minimum atomic E-state index is -0.347. The zero-order valence-electron chi connectivity index (χ0n) is 13.8. The van der Waals surface area contributed by atoms with Gasteiger partial charge in [-0.3, -0.25) is 4.79 Å². The lowest BCUT2D eigenvalue weighted by Crippen LogP contribution is -2.13. The number of benzene rings is 3. The largest absolute Gasteiger partial charge is 0.378 e. The highest BCUT2D eigenvalue weighted by molar-refractivity contribution is 7.21. The first-order valence-electron chi connectivity index (χ1n) is 8.18. The summed E-state index contributed by atoms with van der Waals surface area (Å²) in [4.78, 5) is 16.8. The predicted molar refractivity (Wildman–Crippen MR) is 104 cm³/mol. The van der Waals surface area contributed by atoms with Gasteiger partial charge in [-0.25, -0.2) is 9.37 Å². The molecule has 0 aliphatic rings. The average Bonchev–Trinajstić information content (AvgIpc) is 3.11. The summed E-state index contributed by atoms with van der Waals surface area (Å²) >= 11 is 1.66. The summed E-state index contributed by atoms with van der Waals surface area (Å²) in [5.41, 5.74) is 3.39. The summed E-state index contributed by atoms with van der Waals surface area (Å²) in [5.74, 6) is -0.430. The summed E-state index contributed by atoms with van der Waals surface area (Å²) in [6.45, 7) is 0.159. The van der Waals surface area contributed by atoms with Crippen molar-refractivity contribution < 1.29 is 9.18 Å². The van der Waals surface area contributed by atoms with Crippen LogP contribution < -0.4 is 5.32 Å². The van der Waals surface area contributed by atoms with E-state index in [9.17, 15) is 9.18 Å². The molecule has 1 aromatic heterocycles. The number of aromatic nitrogens is 1. The molecule has 5 heteroatoms. The molecule has 0 unspecified atom stereocenters. The third-order valence-electron chi connectivity index (χ3n) is 4.05. The number of carbonyl (C=O) groups excluding carboxylic acids is 1. The van der Waals surface area contributed by atoms with Gasteiger partial charge in [-0.15, -0.1) is 11.3 Å². The molecular formula is C21H15FN2OS. The van der Waals surface area contributed by atoms with Crippen LogP contribution in [0.2, 0.25) is 0 Å². The molecule has 0 aliphatic carbocycles. The van der Waals surface area contributed by atoms with Gasteiger partial charge < -0.3 is 5.32 Å². The number of para-hydroxylation sites is 1. The third kappa shape index (κ3) is 3.48. The maximum Gasteiger partial charge on any atom is 0.181 e. The molecule has 0 saturated heterocycles. The van der Waals surface area contributed by atoms with Gasteiger partial charge in [0, 0.05) is 16.8 Å². The molecule has 26 heavy (non-hydrogen) atoms. The molecule has 0 spiro atoms. The second-order valence-corrected chi connectivity index (χ2v) is 6.88. The Hall–Kier alpha value is -3.05. The van der Waals surface area contributed by atoms with Gasteiger partial charge in [0.25, 0.3) is 0 Å². The van der Waals surface area contributed by atoms with E-state index in [2.05, 4.69) is 16.4 Å². The number of hydrogen-bond donors (Lipinski definition) is 1. The predicted octanol–water partition coefficient (Wildman–Crippen LogP) is 5.40. The van der Waals surface area contributed by atoms with E-state index in [1.54, 1.807) is 11.3 Å². The summed E-state index contributed by atoms with van der Waals surface area (Å²) in [5, 5.41) is 4.07. The normalized spacial score (nSPS) is 10.8. The number of ketones is 1. The fourth-order valence-corrected chi connectivity index (χ4v) is 3.62. The summed E-state index contributed by atoms with van der Waals surface area (Å²) < 4.78 is 14.1. The summed E-state index contributed by atoms with van der Waals surface area (Å²) in [7, 11) is 0. The minimum absolute atomic E-state index is 0.0831. The second-order valence-electron chi connectivity index (χ2n) is 5.85. The fourth-order valence-electron chi connectivity index (χ4n) is 2.65. The zero-order chi connectivity index (χ0) is 17.9. The van der Waals surface area contributed by atoms with Crippen LogP contribution in [0.1, 0.15) is 10.4 Å². The van der Waals surface area contributed by atoms with Crippen molar-refractivity contribution >= 4 is 33.0 Å². The third-order valence-corrected chi connectivity index (χ3v) is 5.13. The van der Waals surface area contributed by atoms with E-state index < -0.39 is 0 Å². The number of anilines is 1. The zero-order valence-corrected chi connectivity index (χ0v) is 14.6. The van der Waals surface area contributed by atoms with Gasteiger partial charge in [0.05, 0.1) is 16.8 Å². The van der Waals surface area contributed by atoms with Gasteiger partial charge in [-0.2, -0.15) is 0 Å². The van der Waals surface area contributed by atoms with Gasteiger partial charge in [-0.1, -0.05) is 12.1 Å². The second kappa shape index (κ2) is 7.06. The number of nitrogens with one attached hydrogen (secondary N) is 1. The smallest absolute Gasteiger partial charge is 0.181 e. The van der Waals surface area contributed by atoms with Crippen molar-refractivity contribution in [2.24, 2.45) is 0 Å². The van der Waals surface area contributed by atoms with Crippen LogP contribution >= 0.6 is 11.3 Å². The molecular weight excluding hydrogens is 347 g/mol.